The lowest BCUT2D eigenvalue weighted by Gasteiger charge is -2.14. The number of nitrogens with one attached hydrogen (secondary N) is 1. The van der Waals surface area contributed by atoms with E-state index in [2.05, 4.69) is 5.32 Å². The monoisotopic (exact) mass is 199 g/mol. The maximum absolute atomic E-state index is 10.4. The molecular weight excluding hydrogens is 182 g/mol. The Morgan fingerprint density at radius 2 is 2.07 bits per heavy atom. The summed E-state index contributed by atoms with van der Waals surface area (Å²) in [6.07, 6.45) is 5.67. The van der Waals surface area contributed by atoms with Crippen molar-refractivity contribution >= 4 is 6.16 Å². The number of ether oxygens (including phenoxy) is 1. The molecule has 1 aliphatic carbocycles. The van der Waals surface area contributed by atoms with Crippen LogP contribution in [0.1, 0.15) is 38.5 Å². The third-order valence-electron chi connectivity index (χ3n) is 3.32. The first-order valence-electron chi connectivity index (χ1n) is 5.41. The molecule has 1 unspecified atom stereocenters. The van der Waals surface area contributed by atoms with Gasteiger partial charge in [-0.2, -0.15) is 0 Å². The molecule has 2 aliphatic rings. The second-order valence-electron chi connectivity index (χ2n) is 4.28. The molecule has 1 aliphatic heterocycles. The fourth-order valence-electron chi connectivity index (χ4n) is 2.67. The lowest BCUT2D eigenvalue weighted by molar-refractivity contribution is 0.0425. The van der Waals surface area contributed by atoms with Crippen molar-refractivity contribution in [2.75, 3.05) is 0 Å². The summed E-state index contributed by atoms with van der Waals surface area (Å²) >= 11 is 0. The zero-order valence-electron chi connectivity index (χ0n) is 8.24. The van der Waals surface area contributed by atoms with E-state index in [0.29, 0.717) is 12.0 Å². The average Bonchev–Trinajstić information content (AvgIpc) is 2.34. The SMILES string of the molecule is O=C(O)OC1C[C@H]2CCCCC[C@H]2N1. The summed E-state index contributed by atoms with van der Waals surface area (Å²) in [7, 11) is 0. The van der Waals surface area contributed by atoms with E-state index in [4.69, 9.17) is 9.84 Å². The van der Waals surface area contributed by atoms with Gasteiger partial charge >= 0.3 is 6.16 Å². The van der Waals surface area contributed by atoms with Crippen LogP contribution < -0.4 is 5.32 Å². The van der Waals surface area contributed by atoms with E-state index >= 15 is 0 Å². The Morgan fingerprint density at radius 3 is 2.86 bits per heavy atom. The lowest BCUT2D eigenvalue weighted by atomic mass is 9.96. The van der Waals surface area contributed by atoms with Gasteiger partial charge < -0.3 is 9.84 Å². The summed E-state index contributed by atoms with van der Waals surface area (Å²) in [5.74, 6) is 0.627. The Kier molecular flexibility index (Phi) is 2.91. The van der Waals surface area contributed by atoms with Crippen molar-refractivity contribution in [2.45, 2.75) is 50.8 Å². The van der Waals surface area contributed by atoms with E-state index in [9.17, 15) is 4.79 Å². The second-order valence-corrected chi connectivity index (χ2v) is 4.28. The molecule has 3 atom stereocenters. The van der Waals surface area contributed by atoms with Gasteiger partial charge in [0.1, 0.15) is 0 Å². The van der Waals surface area contributed by atoms with Crippen molar-refractivity contribution in [3.05, 3.63) is 0 Å². The Bertz CT molecular complexity index is 205. The van der Waals surface area contributed by atoms with Crippen molar-refractivity contribution in [2.24, 2.45) is 5.92 Å². The van der Waals surface area contributed by atoms with Crippen LogP contribution in [0.5, 0.6) is 0 Å². The molecule has 1 saturated heterocycles. The maximum atomic E-state index is 10.4. The minimum atomic E-state index is -1.17. The van der Waals surface area contributed by atoms with Crippen molar-refractivity contribution in [1.82, 2.24) is 5.32 Å². The molecular formula is C10H17NO3. The van der Waals surface area contributed by atoms with E-state index in [1.807, 2.05) is 0 Å². The average molecular weight is 199 g/mol. The molecule has 2 N–H and O–H groups in total. The number of carbonyl (C=O) groups is 1. The zero-order valence-corrected chi connectivity index (χ0v) is 8.24. The van der Waals surface area contributed by atoms with Crippen LogP contribution >= 0.6 is 0 Å². The Labute approximate surface area is 83.6 Å². The highest BCUT2D eigenvalue weighted by Crippen LogP contribution is 2.32. The van der Waals surface area contributed by atoms with E-state index in [1.165, 1.54) is 32.1 Å². The summed E-state index contributed by atoms with van der Waals surface area (Å²) in [4.78, 5) is 10.4. The minimum Gasteiger partial charge on any atom is -0.450 e. The van der Waals surface area contributed by atoms with Crippen LogP contribution in [0.4, 0.5) is 4.79 Å². The molecule has 80 valence electrons. The molecule has 0 aromatic rings. The molecule has 14 heavy (non-hydrogen) atoms. The molecule has 4 nitrogen and oxygen atoms in total. The van der Waals surface area contributed by atoms with Gasteiger partial charge in [0.15, 0.2) is 6.23 Å². The van der Waals surface area contributed by atoms with Crippen LogP contribution in [0.3, 0.4) is 0 Å². The Morgan fingerprint density at radius 1 is 1.29 bits per heavy atom. The van der Waals surface area contributed by atoms with Gasteiger partial charge in [-0.1, -0.05) is 19.3 Å². The maximum Gasteiger partial charge on any atom is 0.507 e. The third-order valence-corrected chi connectivity index (χ3v) is 3.32. The van der Waals surface area contributed by atoms with Crippen molar-refractivity contribution in [3.63, 3.8) is 0 Å². The Hall–Kier alpha value is -0.770. The van der Waals surface area contributed by atoms with E-state index in [0.717, 1.165) is 6.42 Å². The summed E-state index contributed by atoms with van der Waals surface area (Å²) in [6, 6.07) is 0.488. The molecule has 0 spiro atoms. The predicted molar refractivity (Wildman–Crippen MR) is 51.0 cm³/mol. The smallest absolute Gasteiger partial charge is 0.450 e. The van der Waals surface area contributed by atoms with Gasteiger partial charge in [0.2, 0.25) is 0 Å². The van der Waals surface area contributed by atoms with E-state index in [1.54, 1.807) is 0 Å². The number of fused-ring (bicyclic) bond motifs is 1. The summed E-state index contributed by atoms with van der Waals surface area (Å²) < 4.78 is 4.75. The first kappa shape index (κ1) is 9.77. The highest BCUT2D eigenvalue weighted by Gasteiger charge is 2.35. The number of hydrogen-bond acceptors (Lipinski definition) is 3. The van der Waals surface area contributed by atoms with Gasteiger partial charge in [0, 0.05) is 12.5 Å². The minimum absolute atomic E-state index is 0.263. The molecule has 0 aromatic carbocycles. The first-order valence-corrected chi connectivity index (χ1v) is 5.41. The first-order chi connectivity index (χ1) is 6.75. The van der Waals surface area contributed by atoms with Crippen molar-refractivity contribution in [1.29, 1.82) is 0 Å². The lowest BCUT2D eigenvalue weighted by Crippen LogP contribution is -2.33. The molecule has 0 amide bonds. The zero-order chi connectivity index (χ0) is 9.97. The highest BCUT2D eigenvalue weighted by atomic mass is 16.7. The van der Waals surface area contributed by atoms with Gasteiger partial charge in [-0.15, -0.1) is 0 Å². The molecule has 1 heterocycles. The van der Waals surface area contributed by atoms with Gasteiger partial charge in [0.25, 0.3) is 0 Å². The standard InChI is InChI=1S/C10H17NO3/c12-10(13)14-9-6-7-4-2-1-3-5-8(7)11-9/h7-9,11H,1-6H2,(H,12,13)/t7-,8-,9?/m1/s1. The molecule has 0 radical (unpaired) electrons. The number of rotatable bonds is 1. The van der Waals surface area contributed by atoms with Crippen molar-refractivity contribution < 1.29 is 14.6 Å². The fourth-order valence-corrected chi connectivity index (χ4v) is 2.67. The number of hydrogen-bond donors (Lipinski definition) is 2. The largest absolute Gasteiger partial charge is 0.507 e. The van der Waals surface area contributed by atoms with Crippen molar-refractivity contribution in [3.8, 4) is 0 Å². The van der Waals surface area contributed by atoms with Gasteiger partial charge in [0.05, 0.1) is 0 Å². The molecule has 0 bridgehead atoms. The second kappa shape index (κ2) is 4.17. The third kappa shape index (κ3) is 2.18. The fraction of sp³-hybridized carbons (Fsp3) is 0.900. The molecule has 4 heteroatoms. The molecule has 2 fully saturated rings. The van der Waals surface area contributed by atoms with Crippen LogP contribution in [-0.2, 0) is 4.74 Å². The van der Waals surface area contributed by atoms with Crippen LogP contribution in [0.15, 0.2) is 0 Å². The predicted octanol–water partition coefficient (Wildman–Crippen LogP) is 1.95. The van der Waals surface area contributed by atoms with Crippen LogP contribution in [0, 0.1) is 5.92 Å². The summed E-state index contributed by atoms with van der Waals surface area (Å²) in [5.41, 5.74) is 0. The quantitative estimate of drug-likeness (QED) is 0.634. The van der Waals surface area contributed by atoms with E-state index < -0.39 is 6.16 Å². The Balaban J connectivity index is 1.88. The van der Waals surface area contributed by atoms with Crippen LogP contribution in [0.25, 0.3) is 0 Å². The summed E-state index contributed by atoms with van der Waals surface area (Å²) in [6.45, 7) is 0. The highest BCUT2D eigenvalue weighted by molar-refractivity contribution is 5.57. The van der Waals surface area contributed by atoms with Crippen LogP contribution in [-0.4, -0.2) is 23.5 Å². The van der Waals surface area contributed by atoms with E-state index in [-0.39, 0.29) is 6.23 Å². The van der Waals surface area contributed by atoms with Crippen LogP contribution in [0.2, 0.25) is 0 Å². The molecule has 2 rings (SSSR count). The topological polar surface area (TPSA) is 58.6 Å². The molecule has 1 saturated carbocycles. The molecule has 0 aromatic heterocycles. The normalized spacial score (nSPS) is 37.3. The van der Waals surface area contributed by atoms with Gasteiger partial charge in [-0.3, -0.25) is 5.32 Å². The summed E-state index contributed by atoms with van der Waals surface area (Å²) in [5, 5.41) is 11.8. The number of carboxylic acid groups (broad SMARTS) is 1. The van der Waals surface area contributed by atoms with Gasteiger partial charge in [-0.05, 0) is 18.8 Å². The van der Waals surface area contributed by atoms with Gasteiger partial charge in [-0.25, -0.2) is 4.79 Å².